The Morgan fingerprint density at radius 3 is 3.12 bits per heavy atom. The normalized spacial score (nSPS) is 18.7. The van der Waals surface area contributed by atoms with Crippen molar-refractivity contribution in [2.24, 2.45) is 5.92 Å². The smallest absolute Gasteiger partial charge is 0.310 e. The number of halogens is 1. The fourth-order valence-electron chi connectivity index (χ4n) is 3.10. The third kappa shape index (κ3) is 3.76. The summed E-state index contributed by atoms with van der Waals surface area (Å²) in [6.07, 6.45) is 1.76. The van der Waals surface area contributed by atoms with Crippen molar-refractivity contribution in [1.82, 2.24) is 14.9 Å². The van der Waals surface area contributed by atoms with E-state index in [4.69, 9.17) is 16.3 Å². The van der Waals surface area contributed by atoms with Crippen molar-refractivity contribution in [3.63, 3.8) is 0 Å². The highest BCUT2D eigenvalue weighted by molar-refractivity contribution is 6.31. The summed E-state index contributed by atoms with van der Waals surface area (Å²) in [6, 6.07) is 5.03. The first-order valence-electron chi connectivity index (χ1n) is 8.14. The summed E-state index contributed by atoms with van der Waals surface area (Å²) in [4.78, 5) is 33.5. The molecule has 0 spiro atoms. The largest absolute Gasteiger partial charge is 0.466 e. The zero-order chi connectivity index (χ0) is 17.1. The third-order valence-electron chi connectivity index (χ3n) is 4.22. The second-order valence-electron chi connectivity index (χ2n) is 6.00. The standard InChI is InChI=1S/C17H20ClN3O3/c1-2-24-17(23)11-4-3-7-21(9-11)10-15-19-14-8-12(18)5-6-13(14)16(22)20-15/h5-6,8,11H,2-4,7,9-10H2,1H3,(H,19,20,22). The molecule has 1 aliphatic rings. The SMILES string of the molecule is CCOC(=O)C1CCCN(Cc2nc3cc(Cl)ccc3c(=O)[nH]2)C1. The van der Waals surface area contributed by atoms with Crippen LogP contribution in [0.25, 0.3) is 10.9 Å². The minimum absolute atomic E-state index is 0.111. The fraction of sp³-hybridized carbons (Fsp3) is 0.471. The lowest BCUT2D eigenvalue weighted by molar-refractivity contribution is -0.150. The number of esters is 1. The van der Waals surface area contributed by atoms with Crippen LogP contribution in [0, 0.1) is 5.92 Å². The number of fused-ring (bicyclic) bond motifs is 1. The van der Waals surface area contributed by atoms with Gasteiger partial charge in [0.1, 0.15) is 5.82 Å². The van der Waals surface area contributed by atoms with Crippen molar-refractivity contribution in [2.75, 3.05) is 19.7 Å². The fourth-order valence-corrected chi connectivity index (χ4v) is 3.27. The number of likely N-dealkylation sites (tertiary alicyclic amines) is 1. The molecule has 7 heteroatoms. The van der Waals surface area contributed by atoms with E-state index >= 15 is 0 Å². The molecule has 1 aromatic carbocycles. The summed E-state index contributed by atoms with van der Waals surface area (Å²) in [5, 5.41) is 1.07. The van der Waals surface area contributed by atoms with Crippen LogP contribution >= 0.6 is 11.6 Å². The molecule has 1 atom stereocenters. The van der Waals surface area contributed by atoms with Gasteiger partial charge in [-0.1, -0.05) is 11.6 Å². The Bertz CT molecular complexity index is 805. The molecule has 1 saturated heterocycles. The average molecular weight is 350 g/mol. The number of carbonyl (C=O) groups excluding carboxylic acids is 1. The van der Waals surface area contributed by atoms with Gasteiger partial charge in [-0.05, 0) is 44.5 Å². The predicted molar refractivity (Wildman–Crippen MR) is 92.0 cm³/mol. The van der Waals surface area contributed by atoms with Crippen LogP contribution in [0.1, 0.15) is 25.6 Å². The lowest BCUT2D eigenvalue weighted by atomic mass is 9.98. The Labute approximate surface area is 144 Å². The molecular weight excluding hydrogens is 330 g/mol. The molecule has 0 aliphatic carbocycles. The molecule has 24 heavy (non-hydrogen) atoms. The topological polar surface area (TPSA) is 75.3 Å². The van der Waals surface area contributed by atoms with Gasteiger partial charge in [0.2, 0.25) is 0 Å². The highest BCUT2D eigenvalue weighted by atomic mass is 35.5. The molecule has 0 radical (unpaired) electrons. The second-order valence-corrected chi connectivity index (χ2v) is 6.44. The van der Waals surface area contributed by atoms with Gasteiger partial charge in [0.25, 0.3) is 5.56 Å². The number of nitrogens with one attached hydrogen (secondary N) is 1. The van der Waals surface area contributed by atoms with Crippen LogP contribution in [-0.2, 0) is 16.1 Å². The first-order valence-corrected chi connectivity index (χ1v) is 8.52. The molecule has 2 heterocycles. The minimum atomic E-state index is -0.175. The van der Waals surface area contributed by atoms with E-state index in [1.807, 2.05) is 6.92 Å². The number of benzene rings is 1. The van der Waals surface area contributed by atoms with Gasteiger partial charge in [0.15, 0.2) is 0 Å². The molecule has 1 aliphatic heterocycles. The number of aromatic nitrogens is 2. The van der Waals surface area contributed by atoms with Crippen LogP contribution in [0.5, 0.6) is 0 Å². The first-order chi connectivity index (χ1) is 11.6. The number of hydrogen-bond donors (Lipinski definition) is 1. The van der Waals surface area contributed by atoms with Crippen LogP contribution in [0.3, 0.4) is 0 Å². The van der Waals surface area contributed by atoms with Crippen molar-refractivity contribution in [3.8, 4) is 0 Å². The maximum atomic E-state index is 12.2. The maximum Gasteiger partial charge on any atom is 0.310 e. The van der Waals surface area contributed by atoms with E-state index in [-0.39, 0.29) is 17.4 Å². The second kappa shape index (κ2) is 7.32. The number of aromatic amines is 1. The van der Waals surface area contributed by atoms with Crippen LogP contribution in [0.15, 0.2) is 23.0 Å². The number of hydrogen-bond acceptors (Lipinski definition) is 5. The lowest BCUT2D eigenvalue weighted by Crippen LogP contribution is -2.39. The van der Waals surface area contributed by atoms with Crippen molar-refractivity contribution in [3.05, 3.63) is 39.4 Å². The van der Waals surface area contributed by atoms with Gasteiger partial charge >= 0.3 is 5.97 Å². The predicted octanol–water partition coefficient (Wildman–Crippen LogP) is 2.35. The van der Waals surface area contributed by atoms with E-state index in [1.165, 1.54) is 0 Å². The highest BCUT2D eigenvalue weighted by Crippen LogP contribution is 2.20. The van der Waals surface area contributed by atoms with E-state index in [1.54, 1.807) is 18.2 Å². The Balaban J connectivity index is 1.77. The van der Waals surface area contributed by atoms with Crippen LogP contribution < -0.4 is 5.56 Å². The Hall–Kier alpha value is -1.92. The third-order valence-corrected chi connectivity index (χ3v) is 4.45. The molecule has 1 unspecified atom stereocenters. The number of rotatable bonds is 4. The number of nitrogens with zero attached hydrogens (tertiary/aromatic N) is 2. The first kappa shape index (κ1) is 16.9. The van der Waals surface area contributed by atoms with Crippen LogP contribution in [0.2, 0.25) is 5.02 Å². The van der Waals surface area contributed by atoms with Gasteiger partial charge in [0.05, 0.1) is 30.0 Å². The Kier molecular flexibility index (Phi) is 5.16. The summed E-state index contributed by atoms with van der Waals surface area (Å²) >= 11 is 5.98. The molecule has 1 N–H and O–H groups in total. The molecule has 6 nitrogen and oxygen atoms in total. The zero-order valence-corrected chi connectivity index (χ0v) is 14.3. The van der Waals surface area contributed by atoms with E-state index < -0.39 is 0 Å². The van der Waals surface area contributed by atoms with Gasteiger partial charge < -0.3 is 9.72 Å². The molecule has 1 fully saturated rings. The molecule has 1 aromatic heterocycles. The van der Waals surface area contributed by atoms with Gasteiger partial charge in [-0.2, -0.15) is 0 Å². The number of piperidine rings is 1. The average Bonchev–Trinajstić information content (AvgIpc) is 2.55. The summed E-state index contributed by atoms with van der Waals surface area (Å²) < 4.78 is 5.12. The lowest BCUT2D eigenvalue weighted by Gasteiger charge is -2.30. The van der Waals surface area contributed by atoms with Crippen molar-refractivity contribution in [1.29, 1.82) is 0 Å². The summed E-state index contributed by atoms with van der Waals surface area (Å²) in [6.45, 7) is 4.19. The molecule has 0 bridgehead atoms. The van der Waals surface area contributed by atoms with Gasteiger partial charge in [-0.3, -0.25) is 14.5 Å². The molecule has 128 valence electrons. The van der Waals surface area contributed by atoms with Gasteiger partial charge in [-0.25, -0.2) is 4.98 Å². The molecule has 2 aromatic rings. The van der Waals surface area contributed by atoms with E-state index in [0.717, 1.165) is 19.4 Å². The monoisotopic (exact) mass is 349 g/mol. The maximum absolute atomic E-state index is 12.2. The van der Waals surface area contributed by atoms with Crippen molar-refractivity contribution < 1.29 is 9.53 Å². The number of H-pyrrole nitrogens is 1. The van der Waals surface area contributed by atoms with Crippen molar-refractivity contribution in [2.45, 2.75) is 26.3 Å². The van der Waals surface area contributed by atoms with E-state index in [2.05, 4.69) is 14.9 Å². The number of carbonyl (C=O) groups is 1. The van der Waals surface area contributed by atoms with Gasteiger partial charge in [0, 0.05) is 11.6 Å². The Morgan fingerprint density at radius 1 is 1.50 bits per heavy atom. The minimum Gasteiger partial charge on any atom is -0.466 e. The quantitative estimate of drug-likeness (QED) is 0.857. The molecular formula is C17H20ClN3O3. The summed E-state index contributed by atoms with van der Waals surface area (Å²) in [5.74, 6) is 0.327. The van der Waals surface area contributed by atoms with Gasteiger partial charge in [-0.15, -0.1) is 0 Å². The van der Waals surface area contributed by atoms with Crippen molar-refractivity contribution >= 4 is 28.5 Å². The van der Waals surface area contributed by atoms with E-state index in [9.17, 15) is 9.59 Å². The summed E-state index contributed by atoms with van der Waals surface area (Å²) in [5.41, 5.74) is 0.408. The van der Waals surface area contributed by atoms with Crippen LogP contribution in [-0.4, -0.2) is 40.5 Å². The zero-order valence-electron chi connectivity index (χ0n) is 13.5. The summed E-state index contributed by atoms with van der Waals surface area (Å²) in [7, 11) is 0. The molecule has 0 amide bonds. The molecule has 0 saturated carbocycles. The number of ether oxygens (including phenoxy) is 1. The molecule has 3 rings (SSSR count). The van der Waals surface area contributed by atoms with Crippen LogP contribution in [0.4, 0.5) is 0 Å². The Morgan fingerprint density at radius 2 is 2.33 bits per heavy atom. The van der Waals surface area contributed by atoms with E-state index in [0.29, 0.717) is 41.4 Å². The highest BCUT2D eigenvalue weighted by Gasteiger charge is 2.27.